The first-order chi connectivity index (χ1) is 8.72. The van der Waals surface area contributed by atoms with Crippen LogP contribution >= 0.6 is 12.4 Å². The van der Waals surface area contributed by atoms with E-state index in [1.807, 2.05) is 6.07 Å². The number of hydrogen-bond donors (Lipinski definition) is 2. The van der Waals surface area contributed by atoms with Crippen molar-refractivity contribution in [3.63, 3.8) is 0 Å². The molecule has 1 aromatic carbocycles. The topological polar surface area (TPSA) is 84.7 Å². The summed E-state index contributed by atoms with van der Waals surface area (Å²) >= 11 is 0. The molecule has 1 heterocycles. The molecule has 0 saturated carbocycles. The first-order valence-electron chi connectivity index (χ1n) is 5.71. The van der Waals surface area contributed by atoms with Crippen LogP contribution < -0.4 is 20.7 Å². The summed E-state index contributed by atoms with van der Waals surface area (Å²) < 4.78 is 5.29. The van der Waals surface area contributed by atoms with Crippen molar-refractivity contribution in [1.82, 2.24) is 5.32 Å². The van der Waals surface area contributed by atoms with Crippen LogP contribution in [0, 0.1) is 0 Å². The highest BCUT2D eigenvalue weighted by molar-refractivity contribution is 6.02. The standard InChI is InChI=1S/C12H15N3O3.ClH/c13-5-6-14-11(16)7-15-9-3-1-2-4-10(9)18-8-12(15)17;/h1-4H,5-8,13H2,(H,14,16);1H. The maximum absolute atomic E-state index is 11.8. The Morgan fingerprint density at radius 3 is 2.89 bits per heavy atom. The lowest BCUT2D eigenvalue weighted by molar-refractivity contribution is -0.125. The lowest BCUT2D eigenvalue weighted by Crippen LogP contribution is -2.45. The van der Waals surface area contributed by atoms with Gasteiger partial charge < -0.3 is 15.8 Å². The third-order valence-electron chi connectivity index (χ3n) is 2.58. The molecule has 0 saturated heterocycles. The van der Waals surface area contributed by atoms with Crippen molar-refractivity contribution >= 4 is 29.9 Å². The van der Waals surface area contributed by atoms with Gasteiger partial charge in [-0.2, -0.15) is 0 Å². The first-order valence-corrected chi connectivity index (χ1v) is 5.71. The maximum Gasteiger partial charge on any atom is 0.265 e. The van der Waals surface area contributed by atoms with Crippen LogP contribution in [-0.2, 0) is 9.59 Å². The Kier molecular flexibility index (Phi) is 5.59. The van der Waals surface area contributed by atoms with Crippen LogP contribution in [0.1, 0.15) is 0 Å². The number of carbonyl (C=O) groups is 2. The van der Waals surface area contributed by atoms with E-state index in [0.717, 1.165) is 0 Å². The fourth-order valence-electron chi connectivity index (χ4n) is 1.74. The fourth-order valence-corrected chi connectivity index (χ4v) is 1.74. The molecule has 2 rings (SSSR count). The minimum atomic E-state index is -0.231. The third kappa shape index (κ3) is 3.59. The van der Waals surface area contributed by atoms with E-state index in [-0.39, 0.29) is 37.4 Å². The summed E-state index contributed by atoms with van der Waals surface area (Å²) in [6.45, 7) is 0.721. The summed E-state index contributed by atoms with van der Waals surface area (Å²) in [6.07, 6.45) is 0. The van der Waals surface area contributed by atoms with E-state index in [4.69, 9.17) is 10.5 Å². The van der Waals surface area contributed by atoms with Crippen molar-refractivity contribution in [2.24, 2.45) is 5.73 Å². The Bertz CT molecular complexity index is 467. The van der Waals surface area contributed by atoms with Gasteiger partial charge in [0.1, 0.15) is 12.3 Å². The Hall–Kier alpha value is -1.79. The number of anilines is 1. The van der Waals surface area contributed by atoms with E-state index >= 15 is 0 Å². The molecule has 1 aromatic rings. The zero-order valence-corrected chi connectivity index (χ0v) is 11.1. The molecule has 7 heteroatoms. The number of halogens is 1. The van der Waals surface area contributed by atoms with Gasteiger partial charge in [-0.15, -0.1) is 12.4 Å². The lowest BCUT2D eigenvalue weighted by Gasteiger charge is -2.28. The highest BCUT2D eigenvalue weighted by Crippen LogP contribution is 2.30. The lowest BCUT2D eigenvalue weighted by atomic mass is 10.2. The Balaban J connectivity index is 0.00000180. The van der Waals surface area contributed by atoms with Crippen LogP contribution in [0.15, 0.2) is 24.3 Å². The predicted octanol–water partition coefficient (Wildman–Crippen LogP) is -0.0913. The highest BCUT2D eigenvalue weighted by atomic mass is 35.5. The number of nitrogens with zero attached hydrogens (tertiary/aromatic N) is 1. The van der Waals surface area contributed by atoms with E-state index in [2.05, 4.69) is 5.32 Å². The quantitative estimate of drug-likeness (QED) is 0.810. The molecular weight excluding hydrogens is 270 g/mol. The number of carbonyl (C=O) groups excluding carboxylic acids is 2. The number of hydrogen-bond acceptors (Lipinski definition) is 4. The van der Waals surface area contributed by atoms with Gasteiger partial charge >= 0.3 is 0 Å². The van der Waals surface area contributed by atoms with E-state index < -0.39 is 0 Å². The van der Waals surface area contributed by atoms with Crippen LogP contribution in [0.4, 0.5) is 5.69 Å². The van der Waals surface area contributed by atoms with Gasteiger partial charge in [0.15, 0.2) is 6.61 Å². The zero-order chi connectivity index (χ0) is 13.0. The minimum Gasteiger partial charge on any atom is -0.482 e. The number of para-hydroxylation sites is 2. The van der Waals surface area contributed by atoms with E-state index in [1.54, 1.807) is 18.2 Å². The maximum atomic E-state index is 11.8. The van der Waals surface area contributed by atoms with Crippen LogP contribution in [0.3, 0.4) is 0 Å². The average molecular weight is 286 g/mol. The molecule has 104 valence electrons. The molecule has 0 aromatic heterocycles. The van der Waals surface area contributed by atoms with Crippen LogP contribution in [0.2, 0.25) is 0 Å². The minimum absolute atomic E-state index is 0. The number of benzene rings is 1. The molecular formula is C12H16ClN3O3. The second-order valence-electron chi connectivity index (χ2n) is 3.87. The Labute approximate surface area is 117 Å². The molecule has 0 fully saturated rings. The van der Waals surface area contributed by atoms with Crippen molar-refractivity contribution in [3.05, 3.63) is 24.3 Å². The summed E-state index contributed by atoms with van der Waals surface area (Å²) in [7, 11) is 0. The van der Waals surface area contributed by atoms with Crippen LogP contribution in [0.5, 0.6) is 5.75 Å². The number of nitrogens with one attached hydrogen (secondary N) is 1. The van der Waals surface area contributed by atoms with Crippen molar-refractivity contribution in [3.8, 4) is 5.75 Å². The monoisotopic (exact) mass is 285 g/mol. The van der Waals surface area contributed by atoms with Gasteiger partial charge in [-0.25, -0.2) is 0 Å². The predicted molar refractivity (Wildman–Crippen MR) is 73.6 cm³/mol. The number of fused-ring (bicyclic) bond motifs is 1. The van der Waals surface area contributed by atoms with E-state index in [9.17, 15) is 9.59 Å². The molecule has 0 radical (unpaired) electrons. The molecule has 2 amide bonds. The molecule has 1 aliphatic rings. The first kappa shape index (κ1) is 15.3. The van der Waals surface area contributed by atoms with Crippen molar-refractivity contribution in [2.75, 3.05) is 31.1 Å². The second-order valence-corrected chi connectivity index (χ2v) is 3.87. The molecule has 1 aliphatic heterocycles. The number of nitrogens with two attached hydrogens (primary N) is 1. The Morgan fingerprint density at radius 1 is 1.42 bits per heavy atom. The molecule has 0 bridgehead atoms. The zero-order valence-electron chi connectivity index (χ0n) is 10.3. The van der Waals surface area contributed by atoms with Gasteiger partial charge in [0.25, 0.3) is 5.91 Å². The van der Waals surface area contributed by atoms with Crippen molar-refractivity contribution in [2.45, 2.75) is 0 Å². The smallest absolute Gasteiger partial charge is 0.265 e. The van der Waals surface area contributed by atoms with Gasteiger partial charge in [0.2, 0.25) is 5.91 Å². The third-order valence-corrected chi connectivity index (χ3v) is 2.58. The van der Waals surface area contributed by atoms with Gasteiger partial charge in [0, 0.05) is 13.1 Å². The van der Waals surface area contributed by atoms with Crippen molar-refractivity contribution < 1.29 is 14.3 Å². The normalized spacial score (nSPS) is 13.1. The summed E-state index contributed by atoms with van der Waals surface area (Å²) in [5.74, 6) is 0.158. The molecule has 19 heavy (non-hydrogen) atoms. The van der Waals surface area contributed by atoms with Crippen LogP contribution in [0.25, 0.3) is 0 Å². The SMILES string of the molecule is Cl.NCCNC(=O)CN1C(=O)COc2ccccc21. The number of rotatable bonds is 4. The summed E-state index contributed by atoms with van der Waals surface area (Å²) in [5.41, 5.74) is 5.92. The van der Waals surface area contributed by atoms with E-state index in [1.165, 1.54) is 4.90 Å². The van der Waals surface area contributed by atoms with E-state index in [0.29, 0.717) is 24.5 Å². The number of amides is 2. The summed E-state index contributed by atoms with van der Waals surface area (Å²) in [5, 5.41) is 2.63. The molecule has 0 aliphatic carbocycles. The van der Waals surface area contributed by atoms with Gasteiger partial charge in [-0.3, -0.25) is 14.5 Å². The molecule has 0 unspecified atom stereocenters. The van der Waals surface area contributed by atoms with Crippen LogP contribution in [-0.4, -0.2) is 38.1 Å². The van der Waals surface area contributed by atoms with Gasteiger partial charge in [-0.1, -0.05) is 12.1 Å². The largest absolute Gasteiger partial charge is 0.482 e. The van der Waals surface area contributed by atoms with Gasteiger partial charge in [0.05, 0.1) is 5.69 Å². The fraction of sp³-hybridized carbons (Fsp3) is 0.333. The summed E-state index contributed by atoms with van der Waals surface area (Å²) in [4.78, 5) is 24.8. The van der Waals surface area contributed by atoms with Crippen molar-refractivity contribution in [1.29, 1.82) is 0 Å². The highest BCUT2D eigenvalue weighted by Gasteiger charge is 2.26. The molecule has 6 nitrogen and oxygen atoms in total. The van der Waals surface area contributed by atoms with Gasteiger partial charge in [-0.05, 0) is 12.1 Å². The molecule has 0 atom stereocenters. The summed E-state index contributed by atoms with van der Waals surface area (Å²) in [6, 6.07) is 7.14. The molecule has 3 N–H and O–H groups in total. The second kappa shape index (κ2) is 6.96. The molecule has 0 spiro atoms. The Morgan fingerprint density at radius 2 is 2.16 bits per heavy atom. The number of ether oxygens (including phenoxy) is 1. The average Bonchev–Trinajstić information content (AvgIpc) is 2.40.